The summed E-state index contributed by atoms with van der Waals surface area (Å²) >= 11 is 0. The maximum atomic E-state index is 12.9. The van der Waals surface area contributed by atoms with Crippen LogP contribution in [0.2, 0.25) is 0 Å². The molecular weight excluding hydrogens is 378 g/mol. The van der Waals surface area contributed by atoms with Crippen molar-refractivity contribution in [2.75, 3.05) is 13.1 Å². The van der Waals surface area contributed by atoms with Gasteiger partial charge in [0.25, 0.3) is 5.91 Å². The summed E-state index contributed by atoms with van der Waals surface area (Å²) in [7, 11) is 0. The first-order valence-corrected chi connectivity index (χ1v) is 10.2. The third-order valence-electron chi connectivity index (χ3n) is 5.40. The van der Waals surface area contributed by atoms with Gasteiger partial charge in [0, 0.05) is 25.8 Å². The summed E-state index contributed by atoms with van der Waals surface area (Å²) < 4.78 is 0. The van der Waals surface area contributed by atoms with Gasteiger partial charge in [0.05, 0.1) is 11.6 Å². The van der Waals surface area contributed by atoms with Crippen molar-refractivity contribution in [3.8, 4) is 11.4 Å². The number of aromatic nitrogens is 3. The van der Waals surface area contributed by atoms with Crippen LogP contribution in [-0.2, 0) is 11.3 Å². The Hall–Kier alpha value is -3.48. The minimum atomic E-state index is -0.202. The lowest BCUT2D eigenvalue weighted by atomic mass is 9.96. The SMILES string of the molecule is Cc1ccc(CNC(=O)[C@@H]2CCCN(C(=O)c3cc(-c4ccccn4)n[nH]3)C2)cc1. The Labute approximate surface area is 175 Å². The van der Waals surface area contributed by atoms with E-state index in [9.17, 15) is 9.59 Å². The number of hydrogen-bond donors (Lipinski definition) is 2. The summed E-state index contributed by atoms with van der Waals surface area (Å²) in [5.74, 6) is -0.348. The van der Waals surface area contributed by atoms with Gasteiger partial charge >= 0.3 is 0 Å². The molecule has 1 aliphatic rings. The molecule has 3 heterocycles. The first-order chi connectivity index (χ1) is 14.6. The smallest absolute Gasteiger partial charge is 0.271 e. The maximum absolute atomic E-state index is 12.9. The van der Waals surface area contributed by atoms with Crippen LogP contribution in [0, 0.1) is 12.8 Å². The molecular formula is C23H25N5O2. The molecule has 1 aromatic carbocycles. The van der Waals surface area contributed by atoms with Crippen LogP contribution in [0.15, 0.2) is 54.7 Å². The zero-order valence-electron chi connectivity index (χ0n) is 17.0. The van der Waals surface area contributed by atoms with Crippen molar-refractivity contribution in [3.63, 3.8) is 0 Å². The highest BCUT2D eigenvalue weighted by Crippen LogP contribution is 2.20. The summed E-state index contributed by atoms with van der Waals surface area (Å²) in [6.45, 7) is 3.58. The number of aromatic amines is 1. The van der Waals surface area contributed by atoms with Gasteiger partial charge in [0.1, 0.15) is 11.4 Å². The average Bonchev–Trinajstić information content (AvgIpc) is 3.29. The van der Waals surface area contributed by atoms with Gasteiger partial charge in [-0.15, -0.1) is 0 Å². The van der Waals surface area contributed by atoms with E-state index in [1.807, 2.05) is 49.4 Å². The monoisotopic (exact) mass is 403 g/mol. The van der Waals surface area contributed by atoms with Gasteiger partial charge in [-0.3, -0.25) is 19.7 Å². The molecule has 3 aromatic rings. The number of piperidine rings is 1. The second-order valence-electron chi connectivity index (χ2n) is 7.68. The molecule has 2 N–H and O–H groups in total. The highest BCUT2D eigenvalue weighted by Gasteiger charge is 2.29. The highest BCUT2D eigenvalue weighted by molar-refractivity contribution is 5.93. The van der Waals surface area contributed by atoms with Crippen molar-refractivity contribution < 1.29 is 9.59 Å². The van der Waals surface area contributed by atoms with E-state index in [4.69, 9.17) is 0 Å². The molecule has 7 nitrogen and oxygen atoms in total. The summed E-state index contributed by atoms with van der Waals surface area (Å²) in [5, 5.41) is 10.0. The van der Waals surface area contributed by atoms with Crippen molar-refractivity contribution in [2.24, 2.45) is 5.92 Å². The van der Waals surface area contributed by atoms with Crippen molar-refractivity contribution in [1.29, 1.82) is 0 Å². The number of carbonyl (C=O) groups is 2. The molecule has 0 bridgehead atoms. The van der Waals surface area contributed by atoms with Crippen LogP contribution in [0.25, 0.3) is 11.4 Å². The number of H-pyrrole nitrogens is 1. The Morgan fingerprint density at radius 1 is 1.17 bits per heavy atom. The fourth-order valence-corrected chi connectivity index (χ4v) is 3.66. The number of pyridine rings is 1. The number of nitrogens with one attached hydrogen (secondary N) is 2. The third-order valence-corrected chi connectivity index (χ3v) is 5.40. The zero-order chi connectivity index (χ0) is 20.9. The Morgan fingerprint density at radius 2 is 2.00 bits per heavy atom. The number of benzene rings is 1. The van der Waals surface area contributed by atoms with Crippen LogP contribution in [-0.4, -0.2) is 45.0 Å². The molecule has 2 aromatic heterocycles. The van der Waals surface area contributed by atoms with E-state index in [0.717, 1.165) is 18.4 Å². The molecule has 0 radical (unpaired) electrons. The molecule has 1 saturated heterocycles. The van der Waals surface area contributed by atoms with Crippen LogP contribution < -0.4 is 5.32 Å². The number of carbonyl (C=O) groups excluding carboxylic acids is 2. The minimum Gasteiger partial charge on any atom is -0.352 e. The van der Waals surface area contributed by atoms with E-state index in [0.29, 0.717) is 36.7 Å². The van der Waals surface area contributed by atoms with E-state index in [-0.39, 0.29) is 17.7 Å². The maximum Gasteiger partial charge on any atom is 0.271 e. The fourth-order valence-electron chi connectivity index (χ4n) is 3.66. The van der Waals surface area contributed by atoms with Crippen molar-refractivity contribution >= 4 is 11.8 Å². The molecule has 0 aliphatic carbocycles. The lowest BCUT2D eigenvalue weighted by Crippen LogP contribution is -2.45. The average molecular weight is 403 g/mol. The molecule has 1 fully saturated rings. The molecule has 154 valence electrons. The lowest BCUT2D eigenvalue weighted by Gasteiger charge is -2.31. The van der Waals surface area contributed by atoms with E-state index in [1.165, 1.54) is 5.56 Å². The Balaban J connectivity index is 1.36. The Kier molecular flexibility index (Phi) is 5.88. The zero-order valence-corrected chi connectivity index (χ0v) is 17.0. The summed E-state index contributed by atoms with van der Waals surface area (Å²) in [6.07, 6.45) is 3.28. The topological polar surface area (TPSA) is 91.0 Å². The van der Waals surface area contributed by atoms with E-state index < -0.39 is 0 Å². The number of hydrogen-bond acceptors (Lipinski definition) is 4. The molecule has 7 heteroatoms. The molecule has 0 spiro atoms. The predicted molar refractivity (Wildman–Crippen MR) is 113 cm³/mol. The van der Waals surface area contributed by atoms with Gasteiger partial charge in [0.2, 0.25) is 5.91 Å². The van der Waals surface area contributed by atoms with Crippen molar-refractivity contribution in [3.05, 3.63) is 71.5 Å². The summed E-state index contributed by atoms with van der Waals surface area (Å²) in [5.41, 5.74) is 4.01. The second kappa shape index (κ2) is 8.90. The van der Waals surface area contributed by atoms with E-state index in [1.54, 1.807) is 17.2 Å². The minimum absolute atomic E-state index is 0.00754. The molecule has 1 aliphatic heterocycles. The summed E-state index contributed by atoms with van der Waals surface area (Å²) in [6, 6.07) is 15.4. The second-order valence-corrected chi connectivity index (χ2v) is 7.68. The Morgan fingerprint density at radius 3 is 2.77 bits per heavy atom. The summed E-state index contributed by atoms with van der Waals surface area (Å²) in [4.78, 5) is 31.6. The van der Waals surface area contributed by atoms with Gasteiger partial charge in [-0.2, -0.15) is 5.10 Å². The largest absolute Gasteiger partial charge is 0.352 e. The van der Waals surface area contributed by atoms with Crippen LogP contribution in [0.1, 0.15) is 34.5 Å². The molecule has 2 amide bonds. The molecule has 4 rings (SSSR count). The fraction of sp³-hybridized carbons (Fsp3) is 0.304. The normalized spacial score (nSPS) is 16.3. The quantitative estimate of drug-likeness (QED) is 0.685. The van der Waals surface area contributed by atoms with Gasteiger partial charge in [0.15, 0.2) is 0 Å². The van der Waals surface area contributed by atoms with Crippen LogP contribution in [0.4, 0.5) is 0 Å². The van der Waals surface area contributed by atoms with Gasteiger partial charge in [-0.25, -0.2) is 0 Å². The number of rotatable bonds is 5. The third kappa shape index (κ3) is 4.56. The van der Waals surface area contributed by atoms with Gasteiger partial charge in [-0.05, 0) is 43.5 Å². The predicted octanol–water partition coefficient (Wildman–Crippen LogP) is 2.95. The van der Waals surface area contributed by atoms with Crippen molar-refractivity contribution in [1.82, 2.24) is 25.4 Å². The lowest BCUT2D eigenvalue weighted by molar-refractivity contribution is -0.126. The van der Waals surface area contributed by atoms with Crippen LogP contribution in [0.5, 0.6) is 0 Å². The first kappa shape index (κ1) is 19.8. The highest BCUT2D eigenvalue weighted by atomic mass is 16.2. The number of nitrogens with zero attached hydrogens (tertiary/aromatic N) is 3. The first-order valence-electron chi connectivity index (χ1n) is 10.2. The molecule has 30 heavy (non-hydrogen) atoms. The number of aryl methyl sites for hydroxylation is 1. The molecule has 0 saturated carbocycles. The van der Waals surface area contributed by atoms with Gasteiger partial charge < -0.3 is 10.2 Å². The Bertz CT molecular complexity index is 1010. The van der Waals surface area contributed by atoms with E-state index >= 15 is 0 Å². The number of likely N-dealkylation sites (tertiary alicyclic amines) is 1. The van der Waals surface area contributed by atoms with Gasteiger partial charge in [-0.1, -0.05) is 35.9 Å². The number of amides is 2. The molecule has 0 unspecified atom stereocenters. The van der Waals surface area contributed by atoms with Crippen LogP contribution >= 0.6 is 0 Å². The van der Waals surface area contributed by atoms with Crippen molar-refractivity contribution in [2.45, 2.75) is 26.3 Å². The van der Waals surface area contributed by atoms with Crippen LogP contribution in [0.3, 0.4) is 0 Å². The van der Waals surface area contributed by atoms with E-state index in [2.05, 4.69) is 20.5 Å². The standard InChI is InChI=1S/C23H25N5O2/c1-16-7-9-17(10-8-16)14-25-22(29)18-5-4-12-28(15-18)23(30)21-13-20(26-27-21)19-6-2-3-11-24-19/h2-3,6-11,13,18H,4-5,12,14-15H2,1H3,(H,25,29)(H,26,27)/t18-/m1/s1. The molecule has 1 atom stereocenters.